The van der Waals surface area contributed by atoms with Crippen LogP contribution in [0.2, 0.25) is 0 Å². The Morgan fingerprint density at radius 1 is 1.70 bits per heavy atom. The van der Waals surface area contributed by atoms with Crippen molar-refractivity contribution in [2.45, 2.75) is 13.3 Å². The van der Waals surface area contributed by atoms with Gasteiger partial charge in [0.2, 0.25) is 0 Å². The predicted octanol–water partition coefficient (Wildman–Crippen LogP) is 1.73. The number of hydrogen-bond acceptors (Lipinski definition) is 2. The fourth-order valence-electron chi connectivity index (χ4n) is 0.445. The molecule has 0 N–H and O–H groups in total. The van der Waals surface area contributed by atoms with Gasteiger partial charge in [-0.15, -0.1) is 11.6 Å². The van der Waals surface area contributed by atoms with Crippen LogP contribution in [-0.4, -0.2) is 18.8 Å². The molecule has 0 saturated heterocycles. The summed E-state index contributed by atoms with van der Waals surface area (Å²) in [5.41, 5.74) is 0.608. The molecule has 0 rings (SSSR count). The highest BCUT2D eigenvalue weighted by Gasteiger charge is 1.92. The van der Waals surface area contributed by atoms with Gasteiger partial charge in [0, 0.05) is 11.5 Å². The van der Waals surface area contributed by atoms with Crippen LogP contribution in [0.4, 0.5) is 0 Å². The summed E-state index contributed by atoms with van der Waals surface area (Å²) in [6.45, 7) is 2.44. The van der Waals surface area contributed by atoms with Crippen molar-refractivity contribution in [3.8, 4) is 0 Å². The summed E-state index contributed by atoms with van der Waals surface area (Å²) in [7, 11) is 0. The molecule has 0 aromatic rings. The van der Waals surface area contributed by atoms with Crippen LogP contribution in [0.3, 0.4) is 0 Å². The van der Waals surface area contributed by atoms with Crippen LogP contribution in [0, 0.1) is 0 Å². The van der Waals surface area contributed by atoms with Crippen molar-refractivity contribution in [2.75, 3.05) is 12.5 Å². The molecule has 3 heteroatoms. The van der Waals surface area contributed by atoms with E-state index in [2.05, 4.69) is 0 Å². The molecule has 58 valence electrons. The first-order chi connectivity index (χ1) is 4.85. The first-order valence-electron chi connectivity index (χ1n) is 3.17. The number of aldehydes is 1. The van der Waals surface area contributed by atoms with Gasteiger partial charge in [-0.25, -0.2) is 0 Å². The molecule has 0 aliphatic rings. The van der Waals surface area contributed by atoms with E-state index < -0.39 is 0 Å². The van der Waals surface area contributed by atoms with E-state index in [1.165, 1.54) is 6.26 Å². The standard InChI is InChI=1S/C7H11ClO2/c1-2-10-6-7(5-9)3-4-8/h5-6H,2-4H2,1H3/b7-6+. The average Bonchev–Trinajstić information content (AvgIpc) is 1.98. The second-order valence-corrected chi connectivity index (χ2v) is 2.08. The van der Waals surface area contributed by atoms with Crippen molar-refractivity contribution in [3.63, 3.8) is 0 Å². The third-order valence-electron chi connectivity index (χ3n) is 0.936. The molecule has 0 aliphatic heterocycles. The van der Waals surface area contributed by atoms with Crippen molar-refractivity contribution >= 4 is 17.9 Å². The Morgan fingerprint density at radius 3 is 2.80 bits per heavy atom. The summed E-state index contributed by atoms with van der Waals surface area (Å²) in [6.07, 6.45) is 2.79. The largest absolute Gasteiger partial charge is 0.501 e. The molecule has 0 atom stereocenters. The fraction of sp³-hybridized carbons (Fsp3) is 0.571. The van der Waals surface area contributed by atoms with Gasteiger partial charge in [0.15, 0.2) is 0 Å². The Hall–Kier alpha value is -0.500. The molecule has 0 bridgehead atoms. The molecule has 0 amide bonds. The highest BCUT2D eigenvalue weighted by molar-refractivity contribution is 6.18. The van der Waals surface area contributed by atoms with E-state index in [-0.39, 0.29) is 0 Å². The van der Waals surface area contributed by atoms with Gasteiger partial charge in [-0.3, -0.25) is 4.79 Å². The second-order valence-electron chi connectivity index (χ2n) is 1.70. The Bertz CT molecular complexity index is 121. The summed E-state index contributed by atoms with van der Waals surface area (Å²) in [4.78, 5) is 10.2. The van der Waals surface area contributed by atoms with Gasteiger partial charge in [0.05, 0.1) is 12.9 Å². The minimum absolute atomic E-state index is 0.456. The molecular formula is C7H11ClO2. The molecular weight excluding hydrogens is 152 g/mol. The Morgan fingerprint density at radius 2 is 2.40 bits per heavy atom. The summed E-state index contributed by atoms with van der Waals surface area (Å²) >= 11 is 5.40. The van der Waals surface area contributed by atoms with Gasteiger partial charge >= 0.3 is 0 Å². The number of carbonyl (C=O) groups is 1. The van der Waals surface area contributed by atoms with E-state index in [1.54, 1.807) is 0 Å². The molecule has 0 aromatic carbocycles. The van der Waals surface area contributed by atoms with E-state index in [1.807, 2.05) is 6.92 Å². The van der Waals surface area contributed by atoms with Crippen LogP contribution in [0.25, 0.3) is 0 Å². The van der Waals surface area contributed by atoms with Crippen molar-refractivity contribution in [1.82, 2.24) is 0 Å². The van der Waals surface area contributed by atoms with Gasteiger partial charge in [0.1, 0.15) is 6.29 Å². The van der Waals surface area contributed by atoms with Gasteiger partial charge in [0.25, 0.3) is 0 Å². The molecule has 0 unspecified atom stereocenters. The highest BCUT2D eigenvalue weighted by Crippen LogP contribution is 1.98. The Kier molecular flexibility index (Phi) is 6.29. The Labute approximate surface area is 65.8 Å². The van der Waals surface area contributed by atoms with Crippen LogP contribution in [0.15, 0.2) is 11.8 Å². The zero-order chi connectivity index (χ0) is 7.82. The predicted molar refractivity (Wildman–Crippen MR) is 41.1 cm³/mol. The van der Waals surface area contributed by atoms with E-state index in [0.717, 1.165) is 6.29 Å². The lowest BCUT2D eigenvalue weighted by atomic mass is 10.2. The maximum atomic E-state index is 10.2. The van der Waals surface area contributed by atoms with Crippen molar-refractivity contribution in [2.24, 2.45) is 0 Å². The lowest BCUT2D eigenvalue weighted by Crippen LogP contribution is -1.89. The summed E-state index contributed by atoms with van der Waals surface area (Å²) in [6, 6.07) is 0. The molecule has 0 radical (unpaired) electrons. The minimum Gasteiger partial charge on any atom is -0.501 e. The fourth-order valence-corrected chi connectivity index (χ4v) is 0.663. The van der Waals surface area contributed by atoms with Crippen LogP contribution in [-0.2, 0) is 9.53 Å². The molecule has 0 heterocycles. The maximum Gasteiger partial charge on any atom is 0.149 e. The third-order valence-corrected chi connectivity index (χ3v) is 1.12. The van der Waals surface area contributed by atoms with Gasteiger partial charge < -0.3 is 4.74 Å². The van der Waals surface area contributed by atoms with Crippen LogP contribution < -0.4 is 0 Å². The van der Waals surface area contributed by atoms with Crippen LogP contribution >= 0.6 is 11.6 Å². The first-order valence-corrected chi connectivity index (χ1v) is 3.70. The van der Waals surface area contributed by atoms with Gasteiger partial charge in [-0.2, -0.15) is 0 Å². The number of carbonyl (C=O) groups excluding carboxylic acids is 1. The first kappa shape index (κ1) is 9.50. The smallest absolute Gasteiger partial charge is 0.149 e. The average molecular weight is 163 g/mol. The molecule has 0 fully saturated rings. The SMILES string of the molecule is CCO/C=C(/C=O)CCCl. The number of hydrogen-bond donors (Lipinski definition) is 0. The van der Waals surface area contributed by atoms with Gasteiger partial charge in [-0.05, 0) is 13.3 Å². The van der Waals surface area contributed by atoms with E-state index in [0.29, 0.717) is 24.5 Å². The lowest BCUT2D eigenvalue weighted by molar-refractivity contribution is -0.105. The molecule has 10 heavy (non-hydrogen) atoms. The Balaban J connectivity index is 3.66. The number of rotatable bonds is 5. The number of ether oxygens (including phenoxy) is 1. The van der Waals surface area contributed by atoms with Crippen LogP contribution in [0.1, 0.15) is 13.3 Å². The molecule has 2 nitrogen and oxygen atoms in total. The monoisotopic (exact) mass is 162 g/mol. The van der Waals surface area contributed by atoms with Crippen molar-refractivity contribution in [1.29, 1.82) is 0 Å². The zero-order valence-corrected chi connectivity index (χ0v) is 6.73. The lowest BCUT2D eigenvalue weighted by Gasteiger charge is -1.96. The number of halogens is 1. The number of alkyl halides is 1. The van der Waals surface area contributed by atoms with Crippen molar-refractivity contribution in [3.05, 3.63) is 11.8 Å². The number of allylic oxidation sites excluding steroid dienone is 1. The zero-order valence-electron chi connectivity index (χ0n) is 5.97. The molecule has 0 spiro atoms. The third kappa shape index (κ3) is 4.39. The highest BCUT2D eigenvalue weighted by atomic mass is 35.5. The summed E-state index contributed by atoms with van der Waals surface area (Å²) in [5, 5.41) is 0. The topological polar surface area (TPSA) is 26.3 Å². The molecule has 0 saturated carbocycles. The molecule has 0 aromatic heterocycles. The maximum absolute atomic E-state index is 10.2. The molecule has 0 aliphatic carbocycles. The van der Waals surface area contributed by atoms with Crippen LogP contribution in [0.5, 0.6) is 0 Å². The quantitative estimate of drug-likeness (QED) is 0.266. The van der Waals surface area contributed by atoms with E-state index in [4.69, 9.17) is 16.3 Å². The summed E-state index contributed by atoms with van der Waals surface area (Å²) < 4.78 is 4.89. The van der Waals surface area contributed by atoms with E-state index in [9.17, 15) is 4.79 Å². The van der Waals surface area contributed by atoms with Crippen molar-refractivity contribution < 1.29 is 9.53 Å². The van der Waals surface area contributed by atoms with E-state index >= 15 is 0 Å². The van der Waals surface area contributed by atoms with Gasteiger partial charge in [-0.1, -0.05) is 0 Å². The second kappa shape index (κ2) is 6.62. The normalized spacial score (nSPS) is 11.2. The minimum atomic E-state index is 0.456. The summed E-state index contributed by atoms with van der Waals surface area (Å²) in [5.74, 6) is 0.456.